The molecule has 0 aromatic heterocycles. The molecule has 1 aromatic rings. The molecule has 0 N–H and O–H groups in total. The van der Waals surface area contributed by atoms with Gasteiger partial charge in [-0.15, -0.1) is 0 Å². The standard InChI is InChI=1S/C14H12O2/c1-2-6-11-13(15)9-12(14(11)16)10-7-4-3-5-8-10/h2-8,12H,1,9H2. The van der Waals surface area contributed by atoms with E-state index in [2.05, 4.69) is 6.58 Å². The molecule has 0 saturated heterocycles. The second kappa shape index (κ2) is 4.27. The number of rotatable bonds is 2. The topological polar surface area (TPSA) is 34.1 Å². The molecule has 0 radical (unpaired) electrons. The summed E-state index contributed by atoms with van der Waals surface area (Å²) >= 11 is 0. The molecule has 0 aliphatic heterocycles. The first kappa shape index (κ1) is 10.6. The summed E-state index contributed by atoms with van der Waals surface area (Å²) in [5.74, 6) is -0.477. The lowest BCUT2D eigenvalue weighted by Crippen LogP contribution is -2.05. The van der Waals surface area contributed by atoms with Crippen LogP contribution >= 0.6 is 0 Å². The Labute approximate surface area is 94.3 Å². The minimum absolute atomic E-state index is 0.0845. The minimum Gasteiger partial charge on any atom is -0.294 e. The largest absolute Gasteiger partial charge is 0.294 e. The predicted molar refractivity (Wildman–Crippen MR) is 62.1 cm³/mol. The molecule has 80 valence electrons. The summed E-state index contributed by atoms with van der Waals surface area (Å²) in [5, 5.41) is 0. The van der Waals surface area contributed by atoms with Crippen molar-refractivity contribution in [3.05, 3.63) is 60.2 Å². The molecule has 1 fully saturated rings. The molecule has 16 heavy (non-hydrogen) atoms. The Kier molecular flexibility index (Phi) is 2.82. The van der Waals surface area contributed by atoms with Crippen molar-refractivity contribution in [2.45, 2.75) is 12.3 Å². The van der Waals surface area contributed by atoms with E-state index in [1.165, 1.54) is 12.2 Å². The van der Waals surface area contributed by atoms with E-state index in [1.54, 1.807) is 0 Å². The van der Waals surface area contributed by atoms with Gasteiger partial charge in [0.15, 0.2) is 11.6 Å². The van der Waals surface area contributed by atoms with E-state index in [1.807, 2.05) is 30.3 Å². The molecule has 0 heterocycles. The van der Waals surface area contributed by atoms with E-state index in [0.717, 1.165) is 5.56 Å². The van der Waals surface area contributed by atoms with Crippen molar-refractivity contribution in [2.75, 3.05) is 0 Å². The van der Waals surface area contributed by atoms with Crippen LogP contribution in [-0.2, 0) is 9.59 Å². The van der Waals surface area contributed by atoms with Gasteiger partial charge in [0, 0.05) is 6.42 Å². The van der Waals surface area contributed by atoms with Crippen molar-refractivity contribution in [3.63, 3.8) is 0 Å². The van der Waals surface area contributed by atoms with Gasteiger partial charge in [-0.2, -0.15) is 0 Å². The zero-order valence-corrected chi connectivity index (χ0v) is 8.85. The van der Waals surface area contributed by atoms with Crippen molar-refractivity contribution in [1.29, 1.82) is 0 Å². The van der Waals surface area contributed by atoms with Crippen molar-refractivity contribution >= 4 is 11.6 Å². The average molecular weight is 212 g/mol. The molecule has 2 rings (SSSR count). The Hall–Kier alpha value is -1.96. The summed E-state index contributed by atoms with van der Waals surface area (Å²) < 4.78 is 0. The number of carbonyl (C=O) groups is 2. The van der Waals surface area contributed by atoms with Gasteiger partial charge in [0.2, 0.25) is 0 Å². The highest BCUT2D eigenvalue weighted by Gasteiger charge is 2.36. The summed E-state index contributed by atoms with van der Waals surface area (Å²) in [6, 6.07) is 9.41. The van der Waals surface area contributed by atoms with E-state index >= 15 is 0 Å². The van der Waals surface area contributed by atoms with Crippen molar-refractivity contribution in [3.8, 4) is 0 Å². The maximum absolute atomic E-state index is 12.0. The highest BCUT2D eigenvalue weighted by molar-refractivity contribution is 6.28. The quantitative estimate of drug-likeness (QED) is 0.557. The van der Waals surface area contributed by atoms with Gasteiger partial charge < -0.3 is 0 Å². The third kappa shape index (κ3) is 1.74. The van der Waals surface area contributed by atoms with E-state index in [9.17, 15) is 9.59 Å². The normalized spacial score (nSPS) is 22.8. The van der Waals surface area contributed by atoms with Gasteiger partial charge in [0.25, 0.3) is 0 Å². The number of benzene rings is 1. The number of ketones is 2. The second-order valence-corrected chi connectivity index (χ2v) is 3.77. The van der Waals surface area contributed by atoms with Crippen LogP contribution < -0.4 is 0 Å². The van der Waals surface area contributed by atoms with Gasteiger partial charge in [-0.25, -0.2) is 0 Å². The molecule has 1 aromatic carbocycles. The zero-order valence-electron chi connectivity index (χ0n) is 8.85. The number of hydrogen-bond acceptors (Lipinski definition) is 2. The summed E-state index contributed by atoms with van der Waals surface area (Å²) in [6.45, 7) is 3.51. The fraction of sp³-hybridized carbons (Fsp3) is 0.143. The van der Waals surface area contributed by atoms with Crippen LogP contribution in [0.3, 0.4) is 0 Å². The third-order valence-electron chi connectivity index (χ3n) is 2.76. The molecule has 2 nitrogen and oxygen atoms in total. The van der Waals surface area contributed by atoms with Gasteiger partial charge in [-0.1, -0.05) is 43.0 Å². The van der Waals surface area contributed by atoms with Gasteiger partial charge in [-0.05, 0) is 11.6 Å². The van der Waals surface area contributed by atoms with E-state index in [4.69, 9.17) is 0 Å². The van der Waals surface area contributed by atoms with E-state index < -0.39 is 0 Å². The number of allylic oxidation sites excluding steroid dienone is 3. The first-order valence-corrected chi connectivity index (χ1v) is 5.19. The predicted octanol–water partition coefficient (Wildman–Crippen LogP) is 2.42. The summed E-state index contributed by atoms with van der Waals surface area (Å²) in [5.41, 5.74) is 1.19. The van der Waals surface area contributed by atoms with Crippen LogP contribution in [0.15, 0.2) is 54.6 Å². The van der Waals surface area contributed by atoms with Crippen molar-refractivity contribution in [2.24, 2.45) is 0 Å². The smallest absolute Gasteiger partial charge is 0.174 e. The molecule has 1 aliphatic carbocycles. The molecule has 1 unspecified atom stereocenters. The molecule has 0 bridgehead atoms. The van der Waals surface area contributed by atoms with Gasteiger partial charge in [-0.3, -0.25) is 9.59 Å². The van der Waals surface area contributed by atoms with Crippen LogP contribution in [0.25, 0.3) is 0 Å². The maximum Gasteiger partial charge on any atom is 0.174 e. The van der Waals surface area contributed by atoms with Crippen LogP contribution in [0.1, 0.15) is 17.9 Å². The lowest BCUT2D eigenvalue weighted by Gasteiger charge is -2.05. The van der Waals surface area contributed by atoms with Crippen LogP contribution in [0.2, 0.25) is 0 Å². The van der Waals surface area contributed by atoms with Gasteiger partial charge >= 0.3 is 0 Å². The minimum atomic E-state index is -0.306. The van der Waals surface area contributed by atoms with E-state index in [0.29, 0.717) is 0 Å². The monoisotopic (exact) mass is 212 g/mol. The van der Waals surface area contributed by atoms with Gasteiger partial charge in [0.05, 0.1) is 11.5 Å². The molecular weight excluding hydrogens is 200 g/mol. The van der Waals surface area contributed by atoms with Crippen molar-refractivity contribution < 1.29 is 9.59 Å². The lowest BCUT2D eigenvalue weighted by atomic mass is 9.96. The van der Waals surface area contributed by atoms with Crippen molar-refractivity contribution in [1.82, 2.24) is 0 Å². The zero-order chi connectivity index (χ0) is 11.5. The third-order valence-corrected chi connectivity index (χ3v) is 2.76. The maximum atomic E-state index is 12.0. The molecule has 1 saturated carbocycles. The first-order chi connectivity index (χ1) is 7.74. The number of Topliss-reactive ketones (excluding diaryl/α,β-unsaturated/α-hetero) is 2. The van der Waals surface area contributed by atoms with Crippen LogP contribution in [-0.4, -0.2) is 11.6 Å². The highest BCUT2D eigenvalue weighted by atomic mass is 16.2. The molecule has 2 heteroatoms. The van der Waals surface area contributed by atoms with Gasteiger partial charge in [0.1, 0.15) is 0 Å². The lowest BCUT2D eigenvalue weighted by molar-refractivity contribution is -0.116. The Morgan fingerprint density at radius 1 is 1.19 bits per heavy atom. The summed E-state index contributed by atoms with van der Waals surface area (Å²) in [6.07, 6.45) is 3.27. The number of hydrogen-bond donors (Lipinski definition) is 0. The Balaban J connectivity index is 2.35. The number of carbonyl (C=O) groups excluding carboxylic acids is 2. The average Bonchev–Trinajstić information content (AvgIpc) is 2.59. The summed E-state index contributed by atoms with van der Waals surface area (Å²) in [4.78, 5) is 23.6. The fourth-order valence-corrected chi connectivity index (χ4v) is 1.96. The molecule has 0 spiro atoms. The highest BCUT2D eigenvalue weighted by Crippen LogP contribution is 2.32. The molecular formula is C14H12O2. The summed E-state index contributed by atoms with van der Waals surface area (Å²) in [7, 11) is 0. The Morgan fingerprint density at radius 3 is 2.50 bits per heavy atom. The fourth-order valence-electron chi connectivity index (χ4n) is 1.96. The molecule has 1 aliphatic rings. The van der Waals surface area contributed by atoms with Crippen LogP contribution in [0, 0.1) is 0 Å². The van der Waals surface area contributed by atoms with E-state index in [-0.39, 0.29) is 29.5 Å². The SMILES string of the molecule is C=CC=C1C(=O)CC(c2ccccc2)C1=O. The first-order valence-electron chi connectivity index (χ1n) is 5.19. The molecule has 0 amide bonds. The second-order valence-electron chi connectivity index (χ2n) is 3.77. The Bertz CT molecular complexity index is 469. The molecule has 1 atom stereocenters. The van der Waals surface area contributed by atoms with Crippen LogP contribution in [0.4, 0.5) is 0 Å². The van der Waals surface area contributed by atoms with Crippen LogP contribution in [0.5, 0.6) is 0 Å². The Morgan fingerprint density at radius 2 is 1.88 bits per heavy atom.